The van der Waals surface area contributed by atoms with Gasteiger partial charge in [0, 0.05) is 18.0 Å². The maximum absolute atomic E-state index is 12.9. The molecule has 0 spiro atoms. The van der Waals surface area contributed by atoms with E-state index in [1.165, 1.54) is 0 Å². The maximum Gasteiger partial charge on any atom is 0.243 e. The van der Waals surface area contributed by atoms with Crippen LogP contribution in [-0.2, 0) is 22.7 Å². The summed E-state index contributed by atoms with van der Waals surface area (Å²) in [6.07, 6.45) is 0. The third kappa shape index (κ3) is 4.42. The average Bonchev–Trinajstić information content (AvgIpc) is 2.89. The molecule has 1 heterocycles. The minimum absolute atomic E-state index is 0.0269. The highest BCUT2D eigenvalue weighted by Crippen LogP contribution is 2.17. The molecule has 0 aliphatic carbocycles. The van der Waals surface area contributed by atoms with Gasteiger partial charge in [0.2, 0.25) is 11.8 Å². The van der Waals surface area contributed by atoms with Gasteiger partial charge in [-0.2, -0.15) is 0 Å². The summed E-state index contributed by atoms with van der Waals surface area (Å²) in [5.74, 6) is 0.628. The Morgan fingerprint density at radius 1 is 1.08 bits per heavy atom. The van der Waals surface area contributed by atoms with Gasteiger partial charge >= 0.3 is 0 Å². The first-order valence-electron chi connectivity index (χ1n) is 9.25. The van der Waals surface area contributed by atoms with Crippen molar-refractivity contribution in [2.45, 2.75) is 66.7 Å². The minimum Gasteiger partial charge on any atom is -0.349 e. The second-order valence-corrected chi connectivity index (χ2v) is 7.46. The monoisotopic (exact) mass is 358 g/mol. The Labute approximate surface area is 155 Å². The molecule has 2 aromatic rings. The topological polar surface area (TPSA) is 67.2 Å². The van der Waals surface area contributed by atoms with Crippen LogP contribution in [0.2, 0.25) is 0 Å². The van der Waals surface area contributed by atoms with Gasteiger partial charge in [-0.05, 0) is 39.8 Å². The summed E-state index contributed by atoms with van der Waals surface area (Å²) in [7, 11) is 0. The molecule has 0 bridgehead atoms. The Morgan fingerprint density at radius 2 is 1.69 bits per heavy atom. The maximum atomic E-state index is 12.9. The van der Waals surface area contributed by atoms with Crippen LogP contribution >= 0.6 is 0 Å². The number of hydrogen-bond acceptors (Lipinski definition) is 3. The number of amides is 2. The van der Waals surface area contributed by atoms with Crippen LogP contribution in [0.15, 0.2) is 24.3 Å². The molecule has 0 atom stereocenters. The van der Waals surface area contributed by atoms with Crippen molar-refractivity contribution in [1.29, 1.82) is 0 Å². The molecule has 26 heavy (non-hydrogen) atoms. The number of imidazole rings is 1. The Hall–Kier alpha value is -2.37. The van der Waals surface area contributed by atoms with Gasteiger partial charge in [0.05, 0.1) is 17.6 Å². The van der Waals surface area contributed by atoms with Gasteiger partial charge in [0.25, 0.3) is 0 Å². The molecule has 0 aliphatic rings. The van der Waals surface area contributed by atoms with Crippen LogP contribution < -0.4 is 5.32 Å². The predicted octanol–water partition coefficient (Wildman–Crippen LogP) is 2.95. The zero-order valence-corrected chi connectivity index (χ0v) is 16.6. The molecule has 0 aliphatic heterocycles. The van der Waals surface area contributed by atoms with Crippen LogP contribution in [0, 0.1) is 5.92 Å². The Morgan fingerprint density at radius 3 is 2.27 bits per heavy atom. The van der Waals surface area contributed by atoms with Crippen molar-refractivity contribution < 1.29 is 9.59 Å². The van der Waals surface area contributed by atoms with Crippen LogP contribution in [-0.4, -0.2) is 38.3 Å². The summed E-state index contributed by atoms with van der Waals surface area (Å²) in [6.45, 7) is 12.3. The first-order valence-corrected chi connectivity index (χ1v) is 9.25. The lowest BCUT2D eigenvalue weighted by Gasteiger charge is -2.31. The fourth-order valence-electron chi connectivity index (χ4n) is 3.20. The summed E-state index contributed by atoms with van der Waals surface area (Å²) in [4.78, 5) is 31.4. The molecular weight excluding hydrogens is 328 g/mol. The fourth-order valence-corrected chi connectivity index (χ4v) is 3.20. The van der Waals surface area contributed by atoms with Crippen molar-refractivity contribution in [1.82, 2.24) is 19.8 Å². The van der Waals surface area contributed by atoms with Gasteiger partial charge in [0.1, 0.15) is 12.4 Å². The van der Waals surface area contributed by atoms with Crippen LogP contribution in [0.4, 0.5) is 0 Å². The highest BCUT2D eigenvalue weighted by atomic mass is 16.2. The van der Waals surface area contributed by atoms with Crippen molar-refractivity contribution in [2.75, 3.05) is 0 Å². The average molecular weight is 358 g/mol. The normalized spacial score (nSPS) is 11.6. The number of benzene rings is 1. The molecule has 142 valence electrons. The number of nitrogens with zero attached hydrogens (tertiary/aromatic N) is 3. The van der Waals surface area contributed by atoms with Gasteiger partial charge < -0.3 is 14.8 Å². The van der Waals surface area contributed by atoms with E-state index in [1.54, 1.807) is 0 Å². The van der Waals surface area contributed by atoms with Crippen molar-refractivity contribution in [3.05, 3.63) is 30.1 Å². The van der Waals surface area contributed by atoms with E-state index in [0.29, 0.717) is 12.4 Å². The number of para-hydroxylation sites is 2. The van der Waals surface area contributed by atoms with E-state index in [0.717, 1.165) is 11.0 Å². The summed E-state index contributed by atoms with van der Waals surface area (Å²) in [5.41, 5.74) is 1.73. The largest absolute Gasteiger partial charge is 0.349 e. The van der Waals surface area contributed by atoms with E-state index in [9.17, 15) is 9.59 Å². The van der Waals surface area contributed by atoms with Crippen LogP contribution in [0.3, 0.4) is 0 Å². The number of nitrogens with one attached hydrogen (secondary N) is 1. The predicted molar refractivity (Wildman–Crippen MR) is 104 cm³/mol. The molecule has 0 saturated heterocycles. The Bertz CT molecular complexity index is 769. The van der Waals surface area contributed by atoms with Gasteiger partial charge in [-0.3, -0.25) is 9.59 Å². The molecular formula is C20H30N4O2. The summed E-state index contributed by atoms with van der Waals surface area (Å²) >= 11 is 0. The molecule has 6 nitrogen and oxygen atoms in total. The Kier molecular flexibility index (Phi) is 6.40. The molecule has 2 rings (SSSR count). The first-order chi connectivity index (χ1) is 12.2. The summed E-state index contributed by atoms with van der Waals surface area (Å²) in [6, 6.07) is 7.99. The standard InChI is InChI=1S/C20H30N4O2/c1-13(2)20(26)21-11-18-22-16-9-7-8-10-17(16)23(18)12-19(25)24(14(3)4)15(5)6/h7-10,13-15H,11-12H2,1-6H3,(H,21,26). The van der Waals surface area contributed by atoms with E-state index in [4.69, 9.17) is 0 Å². The summed E-state index contributed by atoms with van der Waals surface area (Å²) < 4.78 is 1.91. The van der Waals surface area contributed by atoms with E-state index in [2.05, 4.69) is 10.3 Å². The second-order valence-electron chi connectivity index (χ2n) is 7.46. The molecule has 6 heteroatoms. The van der Waals surface area contributed by atoms with Crippen molar-refractivity contribution in [3.63, 3.8) is 0 Å². The molecule has 1 N–H and O–H groups in total. The smallest absolute Gasteiger partial charge is 0.243 e. The fraction of sp³-hybridized carbons (Fsp3) is 0.550. The molecule has 0 saturated carbocycles. The summed E-state index contributed by atoms with van der Waals surface area (Å²) in [5, 5.41) is 2.90. The van der Waals surface area contributed by atoms with Crippen LogP contribution in [0.5, 0.6) is 0 Å². The lowest BCUT2D eigenvalue weighted by Crippen LogP contribution is -2.44. The van der Waals surface area contributed by atoms with E-state index < -0.39 is 0 Å². The third-order valence-corrected chi connectivity index (χ3v) is 4.37. The lowest BCUT2D eigenvalue weighted by molar-refractivity contribution is -0.135. The molecule has 1 aromatic heterocycles. The molecule has 2 amide bonds. The van der Waals surface area contributed by atoms with Gasteiger partial charge in [-0.25, -0.2) is 4.98 Å². The minimum atomic E-state index is -0.0909. The zero-order valence-electron chi connectivity index (χ0n) is 16.6. The highest BCUT2D eigenvalue weighted by molar-refractivity contribution is 5.82. The SMILES string of the molecule is CC(C)C(=O)NCc1nc2ccccc2n1CC(=O)N(C(C)C)C(C)C. The number of rotatable bonds is 7. The van der Waals surface area contributed by atoms with Gasteiger partial charge in [-0.1, -0.05) is 26.0 Å². The number of aromatic nitrogens is 2. The molecule has 0 radical (unpaired) electrons. The van der Waals surface area contributed by atoms with E-state index in [1.807, 2.05) is 75.3 Å². The highest BCUT2D eigenvalue weighted by Gasteiger charge is 2.22. The molecule has 1 aromatic carbocycles. The van der Waals surface area contributed by atoms with Crippen LogP contribution in [0.1, 0.15) is 47.4 Å². The van der Waals surface area contributed by atoms with Gasteiger partial charge in [-0.15, -0.1) is 0 Å². The number of carbonyl (C=O) groups excluding carboxylic acids is 2. The number of hydrogen-bond donors (Lipinski definition) is 1. The van der Waals surface area contributed by atoms with E-state index in [-0.39, 0.29) is 36.4 Å². The van der Waals surface area contributed by atoms with Crippen LogP contribution in [0.25, 0.3) is 11.0 Å². The number of carbonyl (C=O) groups is 2. The Balaban J connectivity index is 2.33. The second kappa shape index (κ2) is 8.34. The van der Waals surface area contributed by atoms with E-state index >= 15 is 0 Å². The molecule has 0 fully saturated rings. The van der Waals surface area contributed by atoms with Crippen molar-refractivity contribution in [3.8, 4) is 0 Å². The quantitative estimate of drug-likeness (QED) is 0.827. The molecule has 0 unspecified atom stereocenters. The lowest BCUT2D eigenvalue weighted by atomic mass is 10.2. The zero-order chi connectivity index (χ0) is 19.4. The number of fused-ring (bicyclic) bond motifs is 1. The van der Waals surface area contributed by atoms with Crippen molar-refractivity contribution >= 4 is 22.8 Å². The first kappa shape index (κ1) is 19.9. The van der Waals surface area contributed by atoms with Gasteiger partial charge in [0.15, 0.2) is 0 Å². The van der Waals surface area contributed by atoms with Crippen molar-refractivity contribution in [2.24, 2.45) is 5.92 Å². The third-order valence-electron chi connectivity index (χ3n) is 4.37.